The summed E-state index contributed by atoms with van der Waals surface area (Å²) in [6.45, 7) is 0. The molecule has 0 unspecified atom stereocenters. The maximum atomic E-state index is 3.21. The van der Waals surface area contributed by atoms with Gasteiger partial charge in [0.25, 0.3) is 0 Å². The summed E-state index contributed by atoms with van der Waals surface area (Å²) < 4.78 is 2.32. The maximum Gasteiger partial charge on any atom is 0.0538 e. The van der Waals surface area contributed by atoms with Crippen molar-refractivity contribution < 1.29 is 0 Å². The van der Waals surface area contributed by atoms with Crippen molar-refractivity contribution in [1.29, 1.82) is 0 Å². The molecule has 0 N–H and O–H groups in total. The lowest BCUT2D eigenvalue weighted by Gasteiger charge is -2.08. The van der Waals surface area contributed by atoms with Gasteiger partial charge in [-0.15, -0.1) is 0 Å². The van der Waals surface area contributed by atoms with Crippen molar-refractivity contribution in [3.63, 3.8) is 0 Å². The fourth-order valence-corrected chi connectivity index (χ4v) is 2.86. The molecular weight excluding hydrogens is 242 g/mol. The largest absolute Gasteiger partial charge is 0.310 e. The Hall–Kier alpha value is -2.72. The number of para-hydroxylation sites is 2. The molecule has 0 fully saturated rings. The molecule has 1 aromatic heterocycles. The van der Waals surface area contributed by atoms with Gasteiger partial charge in [0.2, 0.25) is 0 Å². The van der Waals surface area contributed by atoms with Crippen LogP contribution in [0.4, 0.5) is 0 Å². The Balaban J connectivity index is 2.13. The number of allylic oxidation sites excluding steroid dienone is 1. The molecular formula is C19H13N. The number of aromatic nitrogens is 1. The zero-order valence-corrected chi connectivity index (χ0v) is 11.0. The van der Waals surface area contributed by atoms with E-state index in [1.54, 1.807) is 0 Å². The summed E-state index contributed by atoms with van der Waals surface area (Å²) in [6, 6.07) is 19.1. The summed E-state index contributed by atoms with van der Waals surface area (Å²) in [5.41, 5.74) is 4.99. The van der Waals surface area contributed by atoms with Crippen molar-refractivity contribution in [1.82, 2.24) is 4.57 Å². The molecule has 0 radical (unpaired) electrons. The molecule has 0 aliphatic heterocycles. The summed E-state index contributed by atoms with van der Waals surface area (Å²) in [5, 5.41) is 1.30. The number of rotatable bonds is 1. The summed E-state index contributed by atoms with van der Waals surface area (Å²) in [6.07, 6.45) is 4.88. The van der Waals surface area contributed by atoms with Crippen LogP contribution in [0, 0.1) is 11.8 Å². The van der Waals surface area contributed by atoms with Crippen molar-refractivity contribution in [2.45, 2.75) is 6.42 Å². The SMILES string of the molecule is C1#CCc2c(n(-c3ccccc3)c3ccccc23)C=C1. The Labute approximate surface area is 118 Å². The molecule has 1 aliphatic carbocycles. The fraction of sp³-hybridized carbons (Fsp3) is 0.0526. The number of hydrogen-bond donors (Lipinski definition) is 0. The lowest BCUT2D eigenvalue weighted by Crippen LogP contribution is -1.97. The van der Waals surface area contributed by atoms with Crippen LogP contribution in [0.2, 0.25) is 0 Å². The van der Waals surface area contributed by atoms with Gasteiger partial charge in [0.05, 0.1) is 11.2 Å². The monoisotopic (exact) mass is 255 g/mol. The molecule has 2 aromatic carbocycles. The van der Waals surface area contributed by atoms with E-state index in [4.69, 9.17) is 0 Å². The number of fused-ring (bicyclic) bond motifs is 3. The van der Waals surface area contributed by atoms with Crippen LogP contribution in [-0.4, -0.2) is 4.57 Å². The van der Waals surface area contributed by atoms with Crippen LogP contribution in [-0.2, 0) is 6.42 Å². The Morgan fingerprint density at radius 1 is 0.900 bits per heavy atom. The normalized spacial score (nSPS) is 12.6. The van der Waals surface area contributed by atoms with E-state index in [0.717, 1.165) is 6.42 Å². The molecule has 0 spiro atoms. The van der Waals surface area contributed by atoms with Gasteiger partial charge >= 0.3 is 0 Å². The van der Waals surface area contributed by atoms with Crippen molar-refractivity contribution >= 4 is 17.0 Å². The zero-order chi connectivity index (χ0) is 13.4. The highest BCUT2D eigenvalue weighted by atomic mass is 15.0. The van der Waals surface area contributed by atoms with E-state index in [9.17, 15) is 0 Å². The smallest absolute Gasteiger partial charge is 0.0538 e. The second-order valence-electron chi connectivity index (χ2n) is 4.88. The minimum atomic E-state index is 0.808. The Kier molecular flexibility index (Phi) is 2.47. The van der Waals surface area contributed by atoms with E-state index >= 15 is 0 Å². The van der Waals surface area contributed by atoms with E-state index in [0.29, 0.717) is 0 Å². The van der Waals surface area contributed by atoms with Gasteiger partial charge in [-0.3, -0.25) is 0 Å². The number of nitrogens with zero attached hydrogens (tertiary/aromatic N) is 1. The van der Waals surface area contributed by atoms with Crippen molar-refractivity contribution in [3.05, 3.63) is 71.9 Å². The molecule has 94 valence electrons. The quantitative estimate of drug-likeness (QED) is 0.574. The van der Waals surface area contributed by atoms with Crippen LogP contribution in [0.1, 0.15) is 11.3 Å². The van der Waals surface area contributed by atoms with E-state index in [1.807, 2.05) is 12.1 Å². The molecule has 3 aromatic rings. The summed E-state index contributed by atoms with van der Waals surface area (Å²) in [4.78, 5) is 0. The lowest BCUT2D eigenvalue weighted by molar-refractivity contribution is 1.09. The number of benzene rings is 2. The van der Waals surface area contributed by atoms with Gasteiger partial charge in [0, 0.05) is 17.5 Å². The molecule has 0 atom stereocenters. The summed E-state index contributed by atoms with van der Waals surface area (Å²) >= 11 is 0. The zero-order valence-electron chi connectivity index (χ0n) is 11.0. The predicted molar refractivity (Wildman–Crippen MR) is 83.8 cm³/mol. The van der Waals surface area contributed by atoms with Gasteiger partial charge in [0.15, 0.2) is 0 Å². The molecule has 0 saturated carbocycles. The first kappa shape index (κ1) is 11.1. The van der Waals surface area contributed by atoms with Gasteiger partial charge in [-0.2, -0.15) is 0 Å². The first-order valence-electron chi connectivity index (χ1n) is 6.78. The van der Waals surface area contributed by atoms with Crippen LogP contribution in [0.3, 0.4) is 0 Å². The minimum Gasteiger partial charge on any atom is -0.310 e. The highest BCUT2D eigenvalue weighted by Gasteiger charge is 2.15. The third-order valence-electron chi connectivity index (χ3n) is 3.73. The molecule has 1 aliphatic rings. The number of hydrogen-bond acceptors (Lipinski definition) is 0. The van der Waals surface area contributed by atoms with Gasteiger partial charge in [-0.05, 0) is 35.9 Å². The van der Waals surface area contributed by atoms with Gasteiger partial charge in [0.1, 0.15) is 0 Å². The van der Waals surface area contributed by atoms with Crippen molar-refractivity contribution in [3.8, 4) is 17.5 Å². The van der Waals surface area contributed by atoms with Crippen LogP contribution in [0.5, 0.6) is 0 Å². The average molecular weight is 255 g/mol. The van der Waals surface area contributed by atoms with Gasteiger partial charge in [-0.1, -0.05) is 48.2 Å². The van der Waals surface area contributed by atoms with Crippen LogP contribution in [0.25, 0.3) is 22.7 Å². The van der Waals surface area contributed by atoms with Gasteiger partial charge < -0.3 is 4.57 Å². The van der Waals surface area contributed by atoms with Crippen molar-refractivity contribution in [2.75, 3.05) is 0 Å². The predicted octanol–water partition coefficient (Wildman–Crippen LogP) is 4.20. The molecule has 20 heavy (non-hydrogen) atoms. The van der Waals surface area contributed by atoms with Crippen LogP contribution >= 0.6 is 0 Å². The minimum absolute atomic E-state index is 0.808. The molecule has 1 nitrogen and oxygen atoms in total. The molecule has 4 rings (SSSR count). The Morgan fingerprint density at radius 2 is 1.70 bits per heavy atom. The maximum absolute atomic E-state index is 3.21. The summed E-state index contributed by atoms with van der Waals surface area (Å²) in [7, 11) is 0. The van der Waals surface area contributed by atoms with Crippen LogP contribution < -0.4 is 0 Å². The summed E-state index contributed by atoms with van der Waals surface area (Å²) in [5.74, 6) is 6.29. The Bertz CT molecular complexity index is 871. The van der Waals surface area contributed by atoms with E-state index in [2.05, 4.69) is 71.0 Å². The molecule has 1 heteroatoms. The van der Waals surface area contributed by atoms with Crippen molar-refractivity contribution in [2.24, 2.45) is 0 Å². The second kappa shape index (κ2) is 4.43. The van der Waals surface area contributed by atoms with E-state index in [-0.39, 0.29) is 0 Å². The van der Waals surface area contributed by atoms with Crippen LogP contribution in [0.15, 0.2) is 60.7 Å². The highest BCUT2D eigenvalue weighted by Crippen LogP contribution is 2.31. The lowest BCUT2D eigenvalue weighted by atomic mass is 10.1. The third kappa shape index (κ3) is 1.59. The second-order valence-corrected chi connectivity index (χ2v) is 4.88. The first-order valence-corrected chi connectivity index (χ1v) is 6.78. The Morgan fingerprint density at radius 3 is 2.60 bits per heavy atom. The fourth-order valence-electron chi connectivity index (χ4n) is 2.86. The average Bonchev–Trinajstić information content (AvgIpc) is 2.65. The standard InChI is InChI=1S/C19H13N/c1-3-9-15(10-4-1)20-18-13-6-2-5-11-16(18)17-12-7-8-14-19(17)20/h1,3-4,6-10,12-14H,11H2. The van der Waals surface area contributed by atoms with E-state index in [1.165, 1.54) is 27.8 Å². The highest BCUT2D eigenvalue weighted by molar-refractivity contribution is 5.90. The molecule has 0 saturated heterocycles. The topological polar surface area (TPSA) is 4.93 Å². The molecule has 1 heterocycles. The molecule has 0 bridgehead atoms. The van der Waals surface area contributed by atoms with E-state index < -0.39 is 0 Å². The van der Waals surface area contributed by atoms with Gasteiger partial charge in [-0.25, -0.2) is 0 Å². The third-order valence-corrected chi connectivity index (χ3v) is 3.73. The molecule has 0 amide bonds. The first-order chi connectivity index (χ1) is 9.95.